The van der Waals surface area contributed by atoms with E-state index >= 15 is 0 Å². The number of benzene rings is 1. The lowest BCUT2D eigenvalue weighted by Crippen LogP contribution is -1.92. The van der Waals surface area contributed by atoms with Crippen molar-refractivity contribution >= 4 is 27.8 Å². The van der Waals surface area contributed by atoms with Crippen LogP contribution in [0.3, 0.4) is 0 Å². The van der Waals surface area contributed by atoms with E-state index in [0.717, 1.165) is 10.9 Å². The molecule has 0 fully saturated rings. The molecule has 0 bridgehead atoms. The number of ketones is 1. The van der Waals surface area contributed by atoms with Gasteiger partial charge in [-0.2, -0.15) is 0 Å². The van der Waals surface area contributed by atoms with Crippen molar-refractivity contribution in [2.45, 2.75) is 6.92 Å². The van der Waals surface area contributed by atoms with Crippen LogP contribution in [0.5, 0.6) is 5.75 Å². The number of rotatable bonds is 3. The Kier molecular flexibility index (Phi) is 3.89. The topological polar surface area (TPSA) is 37.3 Å². The second-order valence-electron chi connectivity index (χ2n) is 2.89. The molecule has 0 radical (unpaired) electrons. The van der Waals surface area contributed by atoms with Gasteiger partial charge in [-0.3, -0.25) is 4.79 Å². The third-order valence-corrected chi connectivity index (χ3v) is 2.17. The van der Waals surface area contributed by atoms with Crippen molar-refractivity contribution in [3.05, 3.63) is 35.4 Å². The first-order valence-corrected chi connectivity index (χ1v) is 5.33. The molecule has 0 spiro atoms. The number of allylic oxidation sites excluding steroid dienone is 1. The van der Waals surface area contributed by atoms with Crippen molar-refractivity contribution < 1.29 is 9.90 Å². The van der Waals surface area contributed by atoms with Gasteiger partial charge in [0.1, 0.15) is 5.75 Å². The summed E-state index contributed by atoms with van der Waals surface area (Å²) < 4.78 is 0. The highest BCUT2D eigenvalue weighted by Gasteiger charge is 2.05. The normalized spacial score (nSPS) is 10.7. The second kappa shape index (κ2) is 4.96. The Morgan fingerprint density at radius 1 is 1.57 bits per heavy atom. The van der Waals surface area contributed by atoms with Crippen LogP contribution >= 0.6 is 15.9 Å². The summed E-state index contributed by atoms with van der Waals surface area (Å²) in [5.74, 6) is -0.0901. The second-order valence-corrected chi connectivity index (χ2v) is 3.54. The van der Waals surface area contributed by atoms with Gasteiger partial charge in [-0.1, -0.05) is 34.1 Å². The molecule has 0 atom stereocenters. The standard InChI is InChI=1S/C11H11BrO2/c1-8(13)10-5-4-9(3-2-6-12)7-11(10)14/h2-5,7,14H,6H2,1H3. The summed E-state index contributed by atoms with van der Waals surface area (Å²) in [7, 11) is 0. The fraction of sp³-hybridized carbons (Fsp3) is 0.182. The summed E-state index contributed by atoms with van der Waals surface area (Å²) in [5, 5.41) is 10.3. The van der Waals surface area contributed by atoms with Gasteiger partial charge in [-0.15, -0.1) is 0 Å². The molecule has 2 nitrogen and oxygen atoms in total. The summed E-state index contributed by atoms with van der Waals surface area (Å²) in [6, 6.07) is 5.01. The Balaban J connectivity index is 3.00. The molecule has 0 unspecified atom stereocenters. The van der Waals surface area contributed by atoms with Crippen LogP contribution in [0.2, 0.25) is 0 Å². The minimum Gasteiger partial charge on any atom is -0.507 e. The average Bonchev–Trinajstić information content (AvgIpc) is 2.14. The maximum atomic E-state index is 11.0. The SMILES string of the molecule is CC(=O)c1ccc(C=CCBr)cc1O. The number of carbonyl (C=O) groups excluding carboxylic acids is 1. The van der Waals surface area contributed by atoms with Gasteiger partial charge < -0.3 is 5.11 Å². The first-order valence-electron chi connectivity index (χ1n) is 4.21. The van der Waals surface area contributed by atoms with E-state index in [2.05, 4.69) is 15.9 Å². The molecule has 0 saturated carbocycles. The largest absolute Gasteiger partial charge is 0.507 e. The van der Waals surface area contributed by atoms with E-state index in [0.29, 0.717) is 5.56 Å². The van der Waals surface area contributed by atoms with E-state index in [1.54, 1.807) is 18.2 Å². The maximum absolute atomic E-state index is 11.0. The van der Waals surface area contributed by atoms with E-state index in [-0.39, 0.29) is 11.5 Å². The lowest BCUT2D eigenvalue weighted by molar-refractivity contribution is 0.101. The van der Waals surface area contributed by atoms with Crippen LogP contribution in [0.25, 0.3) is 6.08 Å². The van der Waals surface area contributed by atoms with Crippen molar-refractivity contribution in [1.82, 2.24) is 0 Å². The van der Waals surface area contributed by atoms with E-state index in [4.69, 9.17) is 0 Å². The highest BCUT2D eigenvalue weighted by Crippen LogP contribution is 2.20. The molecule has 1 aromatic carbocycles. The molecule has 1 N–H and O–H groups in total. The molecule has 0 aliphatic rings. The Hall–Kier alpha value is -1.09. The fourth-order valence-corrected chi connectivity index (χ4v) is 1.32. The molecular formula is C11H11BrO2. The molecule has 14 heavy (non-hydrogen) atoms. The predicted molar refractivity (Wildman–Crippen MR) is 60.9 cm³/mol. The quantitative estimate of drug-likeness (QED) is 0.665. The van der Waals surface area contributed by atoms with E-state index in [9.17, 15) is 9.90 Å². The van der Waals surface area contributed by atoms with Crippen LogP contribution in [0.15, 0.2) is 24.3 Å². The van der Waals surface area contributed by atoms with Crippen LogP contribution in [0.4, 0.5) is 0 Å². The highest BCUT2D eigenvalue weighted by molar-refractivity contribution is 9.09. The van der Waals surface area contributed by atoms with Crippen LogP contribution in [0, 0.1) is 0 Å². The summed E-state index contributed by atoms with van der Waals surface area (Å²) >= 11 is 3.26. The van der Waals surface area contributed by atoms with Gasteiger partial charge >= 0.3 is 0 Å². The summed E-state index contributed by atoms with van der Waals surface area (Å²) in [5.41, 5.74) is 1.24. The zero-order chi connectivity index (χ0) is 10.6. The molecule has 0 aliphatic heterocycles. The number of halogens is 1. The Bertz CT molecular complexity index is 370. The predicted octanol–water partition coefficient (Wildman–Crippen LogP) is 3.00. The van der Waals surface area contributed by atoms with Gasteiger partial charge in [-0.25, -0.2) is 0 Å². The Morgan fingerprint density at radius 2 is 2.29 bits per heavy atom. The molecule has 0 amide bonds. The highest BCUT2D eigenvalue weighted by atomic mass is 79.9. The zero-order valence-corrected chi connectivity index (χ0v) is 9.41. The molecule has 1 aromatic rings. The molecule has 0 aromatic heterocycles. The number of hydrogen-bond donors (Lipinski definition) is 1. The fourth-order valence-electron chi connectivity index (χ4n) is 1.13. The molecule has 74 valence electrons. The van der Waals surface area contributed by atoms with Gasteiger partial charge in [-0.05, 0) is 24.6 Å². The van der Waals surface area contributed by atoms with Gasteiger partial charge in [0.05, 0.1) is 5.56 Å². The molecule has 0 saturated heterocycles. The smallest absolute Gasteiger partial charge is 0.163 e. The van der Waals surface area contributed by atoms with E-state index in [1.165, 1.54) is 6.92 Å². The Labute approximate surface area is 91.4 Å². The van der Waals surface area contributed by atoms with E-state index < -0.39 is 0 Å². The number of Topliss-reactive ketones (excluding diaryl/α,β-unsaturated/α-hetero) is 1. The van der Waals surface area contributed by atoms with Crippen LogP contribution in [0.1, 0.15) is 22.8 Å². The Morgan fingerprint density at radius 3 is 2.79 bits per heavy atom. The number of phenols is 1. The van der Waals surface area contributed by atoms with Crippen LogP contribution in [-0.2, 0) is 0 Å². The van der Waals surface area contributed by atoms with Crippen molar-refractivity contribution in [1.29, 1.82) is 0 Å². The van der Waals surface area contributed by atoms with Crippen LogP contribution in [-0.4, -0.2) is 16.2 Å². The number of carbonyl (C=O) groups is 1. The zero-order valence-electron chi connectivity index (χ0n) is 7.83. The van der Waals surface area contributed by atoms with Gasteiger partial charge in [0.15, 0.2) is 5.78 Å². The lowest BCUT2D eigenvalue weighted by atomic mass is 10.1. The average molecular weight is 255 g/mol. The number of alkyl halides is 1. The van der Waals surface area contributed by atoms with Crippen molar-refractivity contribution in [3.8, 4) is 5.75 Å². The van der Waals surface area contributed by atoms with Crippen molar-refractivity contribution in [3.63, 3.8) is 0 Å². The molecular weight excluding hydrogens is 244 g/mol. The number of aromatic hydroxyl groups is 1. The van der Waals surface area contributed by atoms with E-state index in [1.807, 2.05) is 12.2 Å². The molecule has 3 heteroatoms. The van der Waals surface area contributed by atoms with Gasteiger partial charge in [0.25, 0.3) is 0 Å². The molecule has 0 aliphatic carbocycles. The molecule has 0 heterocycles. The molecule has 1 rings (SSSR count). The minimum absolute atomic E-state index is 0.0363. The summed E-state index contributed by atoms with van der Waals surface area (Å²) in [4.78, 5) is 11.0. The third kappa shape index (κ3) is 2.70. The van der Waals surface area contributed by atoms with Crippen LogP contribution < -0.4 is 0 Å². The third-order valence-electron chi connectivity index (χ3n) is 1.80. The van der Waals surface area contributed by atoms with Crippen molar-refractivity contribution in [2.75, 3.05) is 5.33 Å². The monoisotopic (exact) mass is 254 g/mol. The van der Waals surface area contributed by atoms with Gasteiger partial charge in [0, 0.05) is 5.33 Å². The lowest BCUT2D eigenvalue weighted by Gasteiger charge is -2.01. The minimum atomic E-state index is -0.126. The first-order chi connectivity index (χ1) is 6.65. The first kappa shape index (κ1) is 11.0. The summed E-state index contributed by atoms with van der Waals surface area (Å²) in [6.07, 6.45) is 3.79. The summed E-state index contributed by atoms with van der Waals surface area (Å²) in [6.45, 7) is 1.43. The number of hydrogen-bond acceptors (Lipinski definition) is 2. The maximum Gasteiger partial charge on any atom is 0.163 e. The number of phenolic OH excluding ortho intramolecular Hbond substituents is 1. The van der Waals surface area contributed by atoms with Crippen molar-refractivity contribution in [2.24, 2.45) is 0 Å². The van der Waals surface area contributed by atoms with Gasteiger partial charge in [0.2, 0.25) is 0 Å².